The quantitative estimate of drug-likeness (QED) is 0.698. The summed E-state index contributed by atoms with van der Waals surface area (Å²) in [5.41, 5.74) is 1.06. The summed E-state index contributed by atoms with van der Waals surface area (Å²) in [6, 6.07) is 8.45. The molecule has 1 aliphatic rings. The highest BCUT2D eigenvalue weighted by atomic mass is 35.5. The summed E-state index contributed by atoms with van der Waals surface area (Å²) >= 11 is 5.83. The molecule has 1 N–H and O–H groups in total. The first-order valence-corrected chi connectivity index (χ1v) is 6.83. The number of hydrogen-bond donors (Lipinski definition) is 1. The molecule has 1 aromatic carbocycles. The molecule has 0 saturated heterocycles. The van der Waals surface area contributed by atoms with Crippen LogP contribution in [0.1, 0.15) is 11.1 Å². The first-order valence-electron chi connectivity index (χ1n) is 6.45. The van der Waals surface area contributed by atoms with Crippen molar-refractivity contribution in [1.29, 1.82) is 0 Å². The fourth-order valence-corrected chi connectivity index (χ4v) is 2.61. The summed E-state index contributed by atoms with van der Waals surface area (Å²) in [6.45, 7) is 0.976. The Morgan fingerprint density at radius 3 is 2.71 bits per heavy atom. The largest absolute Gasteiger partial charge is 0.364 e. The molecule has 0 radical (unpaired) electrons. The second-order valence-corrected chi connectivity index (χ2v) is 5.28. The molecule has 0 fully saturated rings. The minimum absolute atomic E-state index is 0.0592. The normalized spacial score (nSPS) is 12.8. The fourth-order valence-electron chi connectivity index (χ4n) is 2.48. The molecule has 3 rings (SSSR count). The predicted molar refractivity (Wildman–Crippen MR) is 80.1 cm³/mol. The summed E-state index contributed by atoms with van der Waals surface area (Å²) in [7, 11) is 0. The topological polar surface area (TPSA) is 77.2 Å². The van der Waals surface area contributed by atoms with Crippen molar-refractivity contribution in [3.05, 3.63) is 66.9 Å². The molecule has 21 heavy (non-hydrogen) atoms. The van der Waals surface area contributed by atoms with Gasteiger partial charge < -0.3 is 5.32 Å². The van der Waals surface area contributed by atoms with Crippen LogP contribution in [0.15, 0.2) is 35.1 Å². The van der Waals surface area contributed by atoms with Gasteiger partial charge in [-0.2, -0.15) is 0 Å². The highest BCUT2D eigenvalue weighted by Gasteiger charge is 2.25. The van der Waals surface area contributed by atoms with Crippen LogP contribution in [-0.2, 0) is 13.0 Å². The molecule has 6 nitrogen and oxygen atoms in total. The lowest BCUT2D eigenvalue weighted by Crippen LogP contribution is -2.23. The molecule has 7 heteroatoms. The van der Waals surface area contributed by atoms with Crippen LogP contribution in [0.25, 0.3) is 0 Å². The van der Waals surface area contributed by atoms with Crippen molar-refractivity contribution in [3.63, 3.8) is 0 Å². The summed E-state index contributed by atoms with van der Waals surface area (Å²) in [6.07, 6.45) is 0.344. The third-order valence-corrected chi connectivity index (χ3v) is 3.73. The van der Waals surface area contributed by atoms with Gasteiger partial charge in [0.2, 0.25) is 0 Å². The van der Waals surface area contributed by atoms with Gasteiger partial charge in [-0.1, -0.05) is 23.7 Å². The minimum atomic E-state index is -0.463. The van der Waals surface area contributed by atoms with Gasteiger partial charge in [0.15, 0.2) is 5.82 Å². The predicted octanol–water partition coefficient (Wildman–Crippen LogP) is 2.43. The number of hydrogen-bond acceptors (Lipinski definition) is 4. The molecule has 0 aliphatic carbocycles. The van der Waals surface area contributed by atoms with Gasteiger partial charge in [0.25, 0.3) is 5.56 Å². The van der Waals surface area contributed by atoms with Crippen LogP contribution >= 0.6 is 11.6 Å². The van der Waals surface area contributed by atoms with E-state index in [2.05, 4.69) is 5.32 Å². The molecule has 0 bridgehead atoms. The van der Waals surface area contributed by atoms with Gasteiger partial charge in [0, 0.05) is 36.2 Å². The molecular weight excluding hydrogens is 294 g/mol. The van der Waals surface area contributed by atoms with E-state index in [4.69, 9.17) is 11.6 Å². The average molecular weight is 306 g/mol. The number of rotatable bonds is 3. The Labute approximate surface area is 125 Å². The van der Waals surface area contributed by atoms with Gasteiger partial charge in [-0.05, 0) is 17.7 Å². The SMILES string of the molecule is O=c1c(Cc2ccc(Cl)cc2)cc([N+](=O)[O-])c2n1CCN2. The van der Waals surface area contributed by atoms with Crippen molar-refractivity contribution < 1.29 is 4.92 Å². The molecule has 0 spiro atoms. The molecule has 0 amide bonds. The van der Waals surface area contributed by atoms with Crippen molar-refractivity contribution in [3.8, 4) is 0 Å². The van der Waals surface area contributed by atoms with Crippen LogP contribution in [0.3, 0.4) is 0 Å². The highest BCUT2D eigenvalue weighted by Crippen LogP contribution is 2.27. The summed E-state index contributed by atoms with van der Waals surface area (Å²) in [5, 5.41) is 14.7. The zero-order valence-corrected chi connectivity index (χ0v) is 11.8. The molecular formula is C14H12ClN3O3. The van der Waals surface area contributed by atoms with Crippen LogP contribution in [0.5, 0.6) is 0 Å². The minimum Gasteiger partial charge on any atom is -0.364 e. The number of nitrogens with zero attached hydrogens (tertiary/aromatic N) is 2. The lowest BCUT2D eigenvalue weighted by atomic mass is 10.1. The Morgan fingerprint density at radius 1 is 1.33 bits per heavy atom. The van der Waals surface area contributed by atoms with Crippen LogP contribution < -0.4 is 10.9 Å². The van der Waals surface area contributed by atoms with Crippen LogP contribution in [0, 0.1) is 10.1 Å². The lowest BCUT2D eigenvalue weighted by Gasteiger charge is -2.07. The maximum Gasteiger partial charge on any atom is 0.310 e. The molecule has 0 unspecified atom stereocenters. The van der Waals surface area contributed by atoms with E-state index in [9.17, 15) is 14.9 Å². The number of anilines is 1. The number of fused-ring (bicyclic) bond motifs is 1. The Hall–Kier alpha value is -2.34. The van der Waals surface area contributed by atoms with Crippen LogP contribution in [0.2, 0.25) is 5.02 Å². The van der Waals surface area contributed by atoms with Crippen LogP contribution in [-0.4, -0.2) is 16.0 Å². The third-order valence-electron chi connectivity index (χ3n) is 3.48. The zero-order valence-electron chi connectivity index (χ0n) is 11.0. The molecule has 0 saturated carbocycles. The summed E-state index contributed by atoms with van der Waals surface area (Å²) in [5.74, 6) is 0.296. The molecule has 2 aromatic rings. The highest BCUT2D eigenvalue weighted by molar-refractivity contribution is 6.30. The lowest BCUT2D eigenvalue weighted by molar-refractivity contribution is -0.384. The number of halogens is 1. The second-order valence-electron chi connectivity index (χ2n) is 4.85. The maximum absolute atomic E-state index is 12.4. The smallest absolute Gasteiger partial charge is 0.310 e. The molecule has 1 aliphatic heterocycles. The Morgan fingerprint density at radius 2 is 2.05 bits per heavy atom. The Kier molecular flexibility index (Phi) is 3.39. The molecule has 108 valence electrons. The van der Waals surface area contributed by atoms with E-state index in [0.29, 0.717) is 35.9 Å². The number of aromatic nitrogens is 1. The Bertz CT molecular complexity index is 768. The maximum atomic E-state index is 12.4. The van der Waals surface area contributed by atoms with Gasteiger partial charge in [-0.15, -0.1) is 0 Å². The summed E-state index contributed by atoms with van der Waals surface area (Å²) in [4.78, 5) is 23.1. The molecule has 1 aromatic heterocycles. The van der Waals surface area contributed by atoms with E-state index < -0.39 is 4.92 Å². The van der Waals surface area contributed by atoms with Crippen molar-refractivity contribution in [2.45, 2.75) is 13.0 Å². The van der Waals surface area contributed by atoms with Crippen molar-refractivity contribution >= 4 is 23.1 Å². The average Bonchev–Trinajstić information content (AvgIpc) is 2.93. The third kappa shape index (κ3) is 2.50. The summed E-state index contributed by atoms with van der Waals surface area (Å²) < 4.78 is 1.43. The molecule has 2 heterocycles. The van der Waals surface area contributed by atoms with E-state index in [1.54, 1.807) is 12.1 Å². The van der Waals surface area contributed by atoms with Gasteiger partial charge in [-0.3, -0.25) is 19.5 Å². The van der Waals surface area contributed by atoms with E-state index in [1.165, 1.54) is 10.6 Å². The fraction of sp³-hybridized carbons (Fsp3) is 0.214. The van der Waals surface area contributed by atoms with E-state index in [0.717, 1.165) is 5.56 Å². The number of pyridine rings is 1. The van der Waals surface area contributed by atoms with Gasteiger partial charge in [0.05, 0.1) is 4.92 Å². The van der Waals surface area contributed by atoms with E-state index in [1.807, 2.05) is 12.1 Å². The van der Waals surface area contributed by atoms with E-state index >= 15 is 0 Å². The second kappa shape index (κ2) is 5.21. The Balaban J connectivity index is 2.06. The number of benzene rings is 1. The van der Waals surface area contributed by atoms with Crippen LogP contribution in [0.4, 0.5) is 11.5 Å². The number of nitro groups is 1. The van der Waals surface area contributed by atoms with Gasteiger partial charge >= 0.3 is 5.69 Å². The van der Waals surface area contributed by atoms with Gasteiger partial charge in [0.1, 0.15) is 0 Å². The van der Waals surface area contributed by atoms with Gasteiger partial charge in [-0.25, -0.2) is 0 Å². The first-order chi connectivity index (χ1) is 10.1. The zero-order chi connectivity index (χ0) is 15.0. The first kappa shape index (κ1) is 13.6. The van der Waals surface area contributed by atoms with Crippen molar-refractivity contribution in [1.82, 2.24) is 4.57 Å². The number of nitrogens with one attached hydrogen (secondary N) is 1. The van der Waals surface area contributed by atoms with E-state index in [-0.39, 0.29) is 11.2 Å². The standard InChI is InChI=1S/C14H12ClN3O3/c15-11-3-1-9(2-4-11)7-10-8-12(18(20)21)13-16-5-6-17(13)14(10)19/h1-4,8,16H,5-7H2. The monoisotopic (exact) mass is 305 g/mol. The van der Waals surface area contributed by atoms with Crippen molar-refractivity contribution in [2.24, 2.45) is 0 Å². The van der Waals surface area contributed by atoms with Crippen molar-refractivity contribution in [2.75, 3.05) is 11.9 Å². The molecule has 0 atom stereocenters.